The summed E-state index contributed by atoms with van der Waals surface area (Å²) in [4.78, 5) is 2.55. The maximum absolute atomic E-state index is 4.67. The normalized spacial score (nSPS) is 23.1. The van der Waals surface area contributed by atoms with Gasteiger partial charge in [-0.1, -0.05) is 20.8 Å². The summed E-state index contributed by atoms with van der Waals surface area (Å²) in [5, 5.41) is 8.92. The molecule has 1 N–H and O–H groups in total. The standard InChI is InChI=1S/C16H30N4S/c1-11(2)9-17-10-15-12(3)18-19(6)16(15)20-7-8-21-14(5)13(20)4/h11,13-14,17H,7-10H2,1-6H3. The Bertz CT molecular complexity index is 469. The molecule has 1 aliphatic heterocycles. The summed E-state index contributed by atoms with van der Waals surface area (Å²) in [5.74, 6) is 3.19. The molecule has 0 bridgehead atoms. The van der Waals surface area contributed by atoms with Crippen LogP contribution >= 0.6 is 11.8 Å². The molecule has 0 aromatic carbocycles. The molecule has 2 unspecified atom stereocenters. The highest BCUT2D eigenvalue weighted by molar-refractivity contribution is 8.00. The largest absolute Gasteiger partial charge is 0.352 e. The summed E-state index contributed by atoms with van der Waals surface area (Å²) in [6.45, 7) is 14.4. The predicted molar refractivity (Wildman–Crippen MR) is 93.2 cm³/mol. The molecule has 2 atom stereocenters. The van der Waals surface area contributed by atoms with Crippen molar-refractivity contribution in [2.75, 3.05) is 23.7 Å². The number of hydrogen-bond donors (Lipinski definition) is 1. The molecule has 1 aromatic rings. The van der Waals surface area contributed by atoms with Crippen molar-refractivity contribution < 1.29 is 0 Å². The highest BCUT2D eigenvalue weighted by Crippen LogP contribution is 2.32. The predicted octanol–water partition coefficient (Wildman–Crippen LogP) is 2.80. The molecule has 1 fully saturated rings. The molecule has 0 amide bonds. The van der Waals surface area contributed by atoms with E-state index >= 15 is 0 Å². The van der Waals surface area contributed by atoms with Crippen LogP contribution < -0.4 is 10.2 Å². The number of hydrogen-bond acceptors (Lipinski definition) is 4. The molecule has 0 radical (unpaired) electrons. The van der Waals surface area contributed by atoms with Gasteiger partial charge in [0.1, 0.15) is 5.82 Å². The van der Waals surface area contributed by atoms with Crippen molar-refractivity contribution >= 4 is 17.6 Å². The van der Waals surface area contributed by atoms with Crippen LogP contribution in [-0.4, -0.2) is 39.9 Å². The van der Waals surface area contributed by atoms with Crippen LogP contribution in [0.15, 0.2) is 0 Å². The fourth-order valence-corrected chi connectivity index (χ4v) is 4.07. The molecule has 2 rings (SSSR count). The zero-order valence-electron chi connectivity index (χ0n) is 14.3. The number of thioether (sulfide) groups is 1. The zero-order valence-corrected chi connectivity index (χ0v) is 15.1. The first-order valence-corrected chi connectivity index (χ1v) is 9.08. The Balaban J connectivity index is 2.21. The minimum absolute atomic E-state index is 0.558. The van der Waals surface area contributed by atoms with E-state index in [9.17, 15) is 0 Å². The quantitative estimate of drug-likeness (QED) is 0.906. The van der Waals surface area contributed by atoms with Crippen molar-refractivity contribution in [3.8, 4) is 0 Å². The summed E-state index contributed by atoms with van der Waals surface area (Å²) >= 11 is 2.08. The maximum atomic E-state index is 4.67. The number of aryl methyl sites for hydroxylation is 2. The average molecular weight is 311 g/mol. The number of rotatable bonds is 5. The molecule has 0 spiro atoms. The van der Waals surface area contributed by atoms with Crippen LogP contribution in [0, 0.1) is 12.8 Å². The minimum Gasteiger partial charge on any atom is -0.352 e. The lowest BCUT2D eigenvalue weighted by atomic mass is 10.1. The summed E-state index contributed by atoms with van der Waals surface area (Å²) in [5.41, 5.74) is 2.52. The van der Waals surface area contributed by atoms with Crippen molar-refractivity contribution in [1.29, 1.82) is 0 Å². The second-order valence-electron chi connectivity index (χ2n) is 6.55. The summed E-state index contributed by atoms with van der Waals surface area (Å²) in [6.07, 6.45) is 0. The molecule has 120 valence electrons. The lowest BCUT2D eigenvalue weighted by Gasteiger charge is -2.39. The van der Waals surface area contributed by atoms with Crippen molar-refractivity contribution in [3.63, 3.8) is 0 Å². The molecule has 0 saturated carbocycles. The Morgan fingerprint density at radius 2 is 2.10 bits per heavy atom. The van der Waals surface area contributed by atoms with Gasteiger partial charge in [0.2, 0.25) is 0 Å². The van der Waals surface area contributed by atoms with Crippen molar-refractivity contribution in [3.05, 3.63) is 11.3 Å². The molecular formula is C16H30N4S. The smallest absolute Gasteiger partial charge is 0.131 e. The molecule has 5 heteroatoms. The molecular weight excluding hydrogens is 280 g/mol. The topological polar surface area (TPSA) is 33.1 Å². The van der Waals surface area contributed by atoms with Gasteiger partial charge in [0.05, 0.1) is 5.69 Å². The van der Waals surface area contributed by atoms with Gasteiger partial charge in [-0.3, -0.25) is 4.68 Å². The fourth-order valence-electron chi connectivity index (χ4n) is 2.97. The van der Waals surface area contributed by atoms with E-state index in [1.807, 2.05) is 0 Å². The van der Waals surface area contributed by atoms with Crippen molar-refractivity contribution in [1.82, 2.24) is 15.1 Å². The van der Waals surface area contributed by atoms with E-state index in [-0.39, 0.29) is 0 Å². The van der Waals surface area contributed by atoms with E-state index in [1.165, 1.54) is 17.1 Å². The van der Waals surface area contributed by atoms with Gasteiger partial charge in [-0.25, -0.2) is 0 Å². The van der Waals surface area contributed by atoms with Gasteiger partial charge in [-0.15, -0.1) is 0 Å². The van der Waals surface area contributed by atoms with E-state index in [0.717, 1.165) is 25.3 Å². The van der Waals surface area contributed by atoms with Crippen molar-refractivity contribution in [2.45, 2.75) is 52.5 Å². The Morgan fingerprint density at radius 3 is 2.76 bits per heavy atom. The summed E-state index contributed by atoms with van der Waals surface area (Å²) < 4.78 is 2.07. The first-order chi connectivity index (χ1) is 9.91. The summed E-state index contributed by atoms with van der Waals surface area (Å²) in [7, 11) is 2.08. The Kier molecular flexibility index (Phi) is 5.60. The number of aromatic nitrogens is 2. The van der Waals surface area contributed by atoms with Crippen LogP contribution in [0.4, 0.5) is 5.82 Å². The van der Waals surface area contributed by atoms with Gasteiger partial charge in [0, 0.05) is 42.7 Å². The minimum atomic E-state index is 0.558. The van der Waals surface area contributed by atoms with E-state index in [2.05, 4.69) is 73.4 Å². The Hall–Kier alpha value is -0.680. The van der Waals surface area contributed by atoms with Crippen LogP contribution in [0.2, 0.25) is 0 Å². The molecule has 0 aliphatic carbocycles. The van der Waals surface area contributed by atoms with E-state index in [1.54, 1.807) is 0 Å². The molecule has 1 saturated heterocycles. The van der Waals surface area contributed by atoms with Gasteiger partial charge in [-0.05, 0) is 26.3 Å². The molecule has 21 heavy (non-hydrogen) atoms. The third kappa shape index (κ3) is 3.75. The van der Waals surface area contributed by atoms with E-state index in [0.29, 0.717) is 17.2 Å². The molecule has 1 aliphatic rings. The Morgan fingerprint density at radius 1 is 1.38 bits per heavy atom. The van der Waals surface area contributed by atoms with Gasteiger partial charge < -0.3 is 10.2 Å². The number of nitrogens with one attached hydrogen (secondary N) is 1. The van der Waals surface area contributed by atoms with Crippen LogP contribution in [0.3, 0.4) is 0 Å². The first kappa shape index (κ1) is 16.7. The average Bonchev–Trinajstić information content (AvgIpc) is 2.68. The van der Waals surface area contributed by atoms with E-state index < -0.39 is 0 Å². The summed E-state index contributed by atoms with van der Waals surface area (Å²) in [6, 6.07) is 0.558. The third-order valence-electron chi connectivity index (χ3n) is 4.32. The molecule has 1 aromatic heterocycles. The number of nitrogens with zero attached hydrogens (tertiary/aromatic N) is 3. The highest BCUT2D eigenvalue weighted by atomic mass is 32.2. The highest BCUT2D eigenvalue weighted by Gasteiger charge is 2.29. The first-order valence-electron chi connectivity index (χ1n) is 8.03. The van der Waals surface area contributed by atoms with Crippen molar-refractivity contribution in [2.24, 2.45) is 13.0 Å². The zero-order chi connectivity index (χ0) is 15.6. The molecule has 4 nitrogen and oxygen atoms in total. The van der Waals surface area contributed by atoms with Gasteiger partial charge in [-0.2, -0.15) is 16.9 Å². The van der Waals surface area contributed by atoms with Gasteiger partial charge >= 0.3 is 0 Å². The lowest BCUT2D eigenvalue weighted by molar-refractivity contribution is 0.548. The fraction of sp³-hybridized carbons (Fsp3) is 0.812. The van der Waals surface area contributed by atoms with Gasteiger partial charge in [0.25, 0.3) is 0 Å². The van der Waals surface area contributed by atoms with E-state index in [4.69, 9.17) is 0 Å². The third-order valence-corrected chi connectivity index (χ3v) is 5.66. The SMILES string of the molecule is Cc1nn(C)c(N2CCSC(C)C2C)c1CNCC(C)C. The lowest BCUT2D eigenvalue weighted by Crippen LogP contribution is -2.46. The van der Waals surface area contributed by atoms with Crippen LogP contribution in [0.1, 0.15) is 39.0 Å². The maximum Gasteiger partial charge on any atom is 0.131 e. The Labute approximate surface area is 133 Å². The van der Waals surface area contributed by atoms with Gasteiger partial charge in [0.15, 0.2) is 0 Å². The molecule has 2 heterocycles. The van der Waals surface area contributed by atoms with Crippen LogP contribution in [0.25, 0.3) is 0 Å². The second-order valence-corrected chi connectivity index (χ2v) is 8.03. The van der Waals surface area contributed by atoms with Crippen LogP contribution in [0.5, 0.6) is 0 Å². The van der Waals surface area contributed by atoms with Crippen LogP contribution in [-0.2, 0) is 13.6 Å². The monoisotopic (exact) mass is 310 g/mol. The second kappa shape index (κ2) is 7.05. The number of anilines is 1.